The van der Waals surface area contributed by atoms with Crippen LogP contribution >= 0.6 is 11.6 Å². The van der Waals surface area contributed by atoms with Gasteiger partial charge in [0.05, 0.1) is 18.0 Å². The van der Waals surface area contributed by atoms with Crippen LogP contribution in [-0.2, 0) is 10.5 Å². The third-order valence-corrected chi connectivity index (χ3v) is 8.71. The SMILES string of the molecule is O=C(O)C1(Oc2ccc(OCC(C3CCCCC3)C3(c4ccc(Cl)cc4)Nc4cc(F)c(F)cc4N3)cc2)CC1. The third-order valence-electron chi connectivity index (χ3n) is 8.46. The van der Waals surface area contributed by atoms with Gasteiger partial charge in [-0.3, -0.25) is 0 Å². The van der Waals surface area contributed by atoms with E-state index >= 15 is 0 Å². The summed E-state index contributed by atoms with van der Waals surface area (Å²) >= 11 is 6.23. The molecule has 6 rings (SSSR count). The molecule has 3 aliphatic rings. The van der Waals surface area contributed by atoms with Gasteiger partial charge < -0.3 is 25.2 Å². The molecule has 3 N–H and O–H groups in total. The molecule has 3 aromatic carbocycles. The van der Waals surface area contributed by atoms with E-state index in [2.05, 4.69) is 10.6 Å². The van der Waals surface area contributed by atoms with Gasteiger partial charge in [0, 0.05) is 35.9 Å². The Morgan fingerprint density at radius 2 is 1.50 bits per heavy atom. The Morgan fingerprint density at radius 3 is 2.05 bits per heavy atom. The minimum atomic E-state index is -1.12. The molecular weight excluding hydrogens is 538 g/mol. The van der Waals surface area contributed by atoms with Crippen molar-refractivity contribution in [1.29, 1.82) is 0 Å². The summed E-state index contributed by atoms with van der Waals surface area (Å²) in [6.45, 7) is 0.325. The molecule has 2 fully saturated rings. The number of anilines is 2. The minimum absolute atomic E-state index is 0.120. The normalized spacial score (nSPS) is 19.6. The van der Waals surface area contributed by atoms with Crippen LogP contribution in [-0.4, -0.2) is 23.3 Å². The average molecular weight is 569 g/mol. The highest BCUT2D eigenvalue weighted by molar-refractivity contribution is 6.30. The zero-order chi connectivity index (χ0) is 27.9. The van der Waals surface area contributed by atoms with Crippen molar-refractivity contribution >= 4 is 28.9 Å². The second-order valence-corrected chi connectivity index (χ2v) is 11.5. The van der Waals surface area contributed by atoms with Crippen molar-refractivity contribution in [3.05, 3.63) is 82.9 Å². The smallest absolute Gasteiger partial charge is 0.348 e. The van der Waals surface area contributed by atoms with E-state index < -0.39 is 28.9 Å². The molecule has 210 valence electrons. The van der Waals surface area contributed by atoms with Crippen molar-refractivity contribution in [2.24, 2.45) is 11.8 Å². The van der Waals surface area contributed by atoms with Gasteiger partial charge in [-0.2, -0.15) is 0 Å². The van der Waals surface area contributed by atoms with E-state index in [0.717, 1.165) is 31.2 Å². The lowest BCUT2D eigenvalue weighted by Gasteiger charge is -2.44. The second-order valence-electron chi connectivity index (χ2n) is 11.1. The predicted octanol–water partition coefficient (Wildman–Crippen LogP) is 7.58. The van der Waals surface area contributed by atoms with Gasteiger partial charge in [0.2, 0.25) is 5.60 Å². The molecule has 1 aliphatic heterocycles. The molecular formula is C31H31ClF2N2O4. The highest BCUT2D eigenvalue weighted by Gasteiger charge is 2.53. The van der Waals surface area contributed by atoms with E-state index in [4.69, 9.17) is 21.1 Å². The standard InChI is InChI=1S/C31H31ClF2N2O4/c32-21-8-6-20(7-9-21)31(35-27-16-25(33)26(34)17-28(27)36-31)24(19-4-2-1-3-5-19)18-39-22-10-12-23(13-11-22)40-30(14-15-30)29(37)38/h6-13,16-17,19,24,35-36H,1-5,14-15,18H2,(H,37,38). The number of carboxylic acid groups (broad SMARTS) is 1. The Kier molecular flexibility index (Phi) is 6.98. The van der Waals surface area contributed by atoms with E-state index in [1.807, 2.05) is 24.3 Å². The summed E-state index contributed by atoms with van der Waals surface area (Å²) in [7, 11) is 0. The zero-order valence-electron chi connectivity index (χ0n) is 21.9. The number of hydrogen-bond acceptors (Lipinski definition) is 5. The number of aliphatic carboxylic acids is 1. The quantitative estimate of drug-likeness (QED) is 0.247. The monoisotopic (exact) mass is 568 g/mol. The van der Waals surface area contributed by atoms with Crippen molar-refractivity contribution in [3.8, 4) is 11.5 Å². The topological polar surface area (TPSA) is 79.8 Å². The van der Waals surface area contributed by atoms with Crippen LogP contribution in [0.1, 0.15) is 50.5 Å². The summed E-state index contributed by atoms with van der Waals surface area (Å²) in [6, 6.07) is 16.9. The van der Waals surface area contributed by atoms with Gasteiger partial charge >= 0.3 is 5.97 Å². The van der Waals surface area contributed by atoms with Crippen molar-refractivity contribution in [1.82, 2.24) is 0 Å². The molecule has 0 saturated heterocycles. The number of rotatable bonds is 9. The van der Waals surface area contributed by atoms with Crippen LogP contribution in [0.25, 0.3) is 0 Å². The van der Waals surface area contributed by atoms with Crippen LogP contribution in [0.15, 0.2) is 60.7 Å². The Balaban J connectivity index is 1.30. The highest BCUT2D eigenvalue weighted by Crippen LogP contribution is 2.49. The van der Waals surface area contributed by atoms with Crippen LogP contribution in [0.5, 0.6) is 11.5 Å². The molecule has 9 heteroatoms. The van der Waals surface area contributed by atoms with E-state index in [0.29, 0.717) is 47.3 Å². The van der Waals surface area contributed by atoms with Gasteiger partial charge in [0.1, 0.15) is 17.2 Å². The zero-order valence-corrected chi connectivity index (χ0v) is 22.6. The number of carboxylic acids is 1. The van der Waals surface area contributed by atoms with E-state index in [-0.39, 0.29) is 11.8 Å². The van der Waals surface area contributed by atoms with E-state index in [9.17, 15) is 18.7 Å². The molecule has 0 bridgehead atoms. The lowest BCUT2D eigenvalue weighted by Crippen LogP contribution is -2.51. The molecule has 0 spiro atoms. The first kappa shape index (κ1) is 26.7. The lowest BCUT2D eigenvalue weighted by molar-refractivity contribution is -0.147. The molecule has 2 saturated carbocycles. The fourth-order valence-electron chi connectivity index (χ4n) is 6.11. The number of hydrogen-bond donors (Lipinski definition) is 3. The second kappa shape index (κ2) is 10.5. The Hall–Kier alpha value is -3.52. The number of benzene rings is 3. The molecule has 2 aliphatic carbocycles. The summed E-state index contributed by atoms with van der Waals surface area (Å²) < 4.78 is 40.6. The highest BCUT2D eigenvalue weighted by atomic mass is 35.5. The van der Waals surface area contributed by atoms with Crippen LogP contribution in [0.4, 0.5) is 20.2 Å². The molecule has 1 unspecified atom stereocenters. The van der Waals surface area contributed by atoms with Crippen molar-refractivity contribution in [2.45, 2.75) is 56.2 Å². The largest absolute Gasteiger partial charge is 0.493 e. The van der Waals surface area contributed by atoms with Gasteiger partial charge in [-0.1, -0.05) is 43.0 Å². The van der Waals surface area contributed by atoms with Crippen LogP contribution < -0.4 is 20.1 Å². The van der Waals surface area contributed by atoms with E-state index in [1.165, 1.54) is 18.6 Å². The van der Waals surface area contributed by atoms with Gasteiger partial charge in [-0.25, -0.2) is 13.6 Å². The minimum Gasteiger partial charge on any atom is -0.493 e. The fraction of sp³-hybridized carbons (Fsp3) is 0.387. The average Bonchev–Trinajstić information content (AvgIpc) is 3.65. The van der Waals surface area contributed by atoms with Crippen LogP contribution in [0.3, 0.4) is 0 Å². The van der Waals surface area contributed by atoms with Crippen LogP contribution in [0.2, 0.25) is 5.02 Å². The maximum Gasteiger partial charge on any atom is 0.348 e. The Morgan fingerprint density at radius 1 is 0.925 bits per heavy atom. The third kappa shape index (κ3) is 5.05. The maximum absolute atomic E-state index is 14.3. The molecule has 1 atom stereocenters. The summed E-state index contributed by atoms with van der Waals surface area (Å²) in [6.07, 6.45) is 6.39. The molecule has 0 radical (unpaired) electrons. The predicted molar refractivity (Wildman–Crippen MR) is 149 cm³/mol. The fourth-order valence-corrected chi connectivity index (χ4v) is 6.23. The molecule has 6 nitrogen and oxygen atoms in total. The number of fused-ring (bicyclic) bond motifs is 1. The molecule has 0 amide bonds. The van der Waals surface area contributed by atoms with Crippen LogP contribution in [0, 0.1) is 23.5 Å². The molecule has 0 aromatic heterocycles. The van der Waals surface area contributed by atoms with E-state index in [1.54, 1.807) is 24.3 Å². The maximum atomic E-state index is 14.3. The van der Waals surface area contributed by atoms with Crippen molar-refractivity contribution < 1.29 is 28.2 Å². The Bertz CT molecular complexity index is 1360. The van der Waals surface area contributed by atoms with Crippen molar-refractivity contribution in [3.63, 3.8) is 0 Å². The van der Waals surface area contributed by atoms with Gasteiger partial charge in [0.15, 0.2) is 11.6 Å². The first-order valence-electron chi connectivity index (χ1n) is 13.7. The number of carbonyl (C=O) groups is 1. The van der Waals surface area contributed by atoms with Crippen molar-refractivity contribution in [2.75, 3.05) is 17.2 Å². The molecule has 3 aromatic rings. The molecule has 40 heavy (non-hydrogen) atoms. The van der Waals surface area contributed by atoms with Gasteiger partial charge in [-0.05, 0) is 60.7 Å². The summed E-state index contributed by atoms with van der Waals surface area (Å²) in [5.41, 5.74) is -0.141. The first-order chi connectivity index (χ1) is 19.3. The number of ether oxygens (including phenoxy) is 2. The summed E-state index contributed by atoms with van der Waals surface area (Å²) in [5, 5.41) is 17.0. The number of nitrogens with one attached hydrogen (secondary N) is 2. The first-order valence-corrected chi connectivity index (χ1v) is 14.1. The Labute approximate surface area is 236 Å². The number of halogens is 3. The lowest BCUT2D eigenvalue weighted by atomic mass is 9.72. The molecule has 1 heterocycles. The summed E-state index contributed by atoms with van der Waals surface area (Å²) in [5.74, 6) is -1.52. The van der Waals surface area contributed by atoms with Gasteiger partial charge in [0.25, 0.3) is 0 Å². The van der Waals surface area contributed by atoms with Gasteiger partial charge in [-0.15, -0.1) is 0 Å². The summed E-state index contributed by atoms with van der Waals surface area (Å²) in [4.78, 5) is 11.5.